The van der Waals surface area contributed by atoms with E-state index in [0.29, 0.717) is 0 Å². The Hall–Kier alpha value is -2.02. The second-order valence-electron chi connectivity index (χ2n) is 4.00. The predicted octanol–water partition coefficient (Wildman–Crippen LogP) is 3.94. The fourth-order valence-corrected chi connectivity index (χ4v) is 2.00. The molecule has 2 aromatic carbocycles. The lowest BCUT2D eigenvalue weighted by atomic mass is 10.0. The molecule has 1 radical (unpaired) electrons. The molecule has 0 fully saturated rings. The molecule has 0 saturated heterocycles. The van der Waals surface area contributed by atoms with Crippen molar-refractivity contribution in [2.24, 2.45) is 0 Å². The van der Waals surface area contributed by atoms with Gasteiger partial charge in [0.15, 0.2) is 0 Å². The van der Waals surface area contributed by atoms with Gasteiger partial charge in [-0.05, 0) is 35.7 Å². The van der Waals surface area contributed by atoms with Gasteiger partial charge >= 0.3 is 0 Å². The number of aromatic amines is 1. The maximum Gasteiger partial charge on any atom is 0.0663 e. The van der Waals surface area contributed by atoms with Crippen LogP contribution in [-0.2, 0) is 0 Å². The van der Waals surface area contributed by atoms with Gasteiger partial charge in [0.1, 0.15) is 0 Å². The zero-order chi connectivity index (χ0) is 11.0. The van der Waals surface area contributed by atoms with E-state index in [1.54, 1.807) is 0 Å². The van der Waals surface area contributed by atoms with Crippen molar-refractivity contribution in [1.82, 2.24) is 4.98 Å². The molecule has 3 rings (SSSR count). The van der Waals surface area contributed by atoms with E-state index in [0.717, 1.165) is 5.52 Å². The summed E-state index contributed by atoms with van der Waals surface area (Å²) in [4.78, 5) is 3.14. The first-order valence-electron chi connectivity index (χ1n) is 5.40. The first kappa shape index (κ1) is 9.22. The van der Waals surface area contributed by atoms with Gasteiger partial charge in [-0.25, -0.2) is 0 Å². The number of H-pyrrole nitrogens is 1. The number of rotatable bonds is 1. The van der Waals surface area contributed by atoms with Gasteiger partial charge in [0.2, 0.25) is 0 Å². The lowest BCUT2D eigenvalue weighted by Crippen LogP contribution is -1.77. The highest BCUT2D eigenvalue weighted by atomic mass is 14.7. The topological polar surface area (TPSA) is 15.8 Å². The van der Waals surface area contributed by atoms with Crippen LogP contribution in [0.4, 0.5) is 0 Å². The van der Waals surface area contributed by atoms with E-state index < -0.39 is 0 Å². The van der Waals surface area contributed by atoms with E-state index >= 15 is 0 Å². The summed E-state index contributed by atoms with van der Waals surface area (Å²) < 4.78 is 0. The standard InChI is InChI=1S/C15H12N/c1-11-10-16-15-8-7-13(9-14(11)15)12-5-3-2-4-6-12/h2-9,16H,1H3. The predicted molar refractivity (Wildman–Crippen MR) is 67.3 cm³/mol. The smallest absolute Gasteiger partial charge is 0.0663 e. The van der Waals surface area contributed by atoms with Gasteiger partial charge < -0.3 is 4.98 Å². The second kappa shape index (κ2) is 3.53. The number of fused-ring (bicyclic) bond motifs is 1. The summed E-state index contributed by atoms with van der Waals surface area (Å²) in [5.74, 6) is 0. The van der Waals surface area contributed by atoms with Crippen LogP contribution in [0, 0.1) is 13.1 Å². The number of hydrogen-bond donors (Lipinski definition) is 1. The van der Waals surface area contributed by atoms with Crippen LogP contribution in [-0.4, -0.2) is 4.98 Å². The Morgan fingerprint density at radius 3 is 2.56 bits per heavy atom. The quantitative estimate of drug-likeness (QED) is 0.620. The summed E-state index contributed by atoms with van der Waals surface area (Å²) in [5, 5.41) is 1.25. The molecule has 0 aliphatic carbocycles. The van der Waals surface area contributed by atoms with Gasteiger partial charge in [-0.15, -0.1) is 0 Å². The lowest BCUT2D eigenvalue weighted by molar-refractivity contribution is 1.40. The molecular formula is C15H12N. The molecule has 0 saturated carbocycles. The molecule has 0 amide bonds. The van der Waals surface area contributed by atoms with E-state index in [1.165, 1.54) is 22.1 Å². The van der Waals surface area contributed by atoms with Gasteiger partial charge in [0.05, 0.1) is 6.20 Å². The minimum atomic E-state index is 1.15. The van der Waals surface area contributed by atoms with Crippen LogP contribution in [0.25, 0.3) is 22.0 Å². The van der Waals surface area contributed by atoms with Gasteiger partial charge in [-0.1, -0.05) is 36.4 Å². The van der Waals surface area contributed by atoms with Crippen molar-refractivity contribution in [3.63, 3.8) is 0 Å². The van der Waals surface area contributed by atoms with E-state index in [-0.39, 0.29) is 0 Å². The maximum atomic E-state index is 3.14. The Balaban J connectivity index is 2.22. The first-order valence-corrected chi connectivity index (χ1v) is 5.40. The highest BCUT2D eigenvalue weighted by Crippen LogP contribution is 2.25. The molecule has 1 aromatic heterocycles. The van der Waals surface area contributed by atoms with Gasteiger partial charge in [0, 0.05) is 10.9 Å². The Bertz CT molecular complexity index is 620. The van der Waals surface area contributed by atoms with Gasteiger partial charge in [0.25, 0.3) is 0 Å². The Morgan fingerprint density at radius 2 is 1.75 bits per heavy atom. The SMILES string of the molecule is Cc1[c][nH]c2ccc(-c3ccccc3)cc12. The molecule has 3 aromatic rings. The average Bonchev–Trinajstić information content (AvgIpc) is 2.72. The number of benzene rings is 2. The molecular weight excluding hydrogens is 194 g/mol. The first-order chi connectivity index (χ1) is 7.84. The fraction of sp³-hybridized carbons (Fsp3) is 0.0667. The normalized spacial score (nSPS) is 10.8. The molecule has 0 atom stereocenters. The van der Waals surface area contributed by atoms with Crippen molar-refractivity contribution in [3.05, 3.63) is 60.3 Å². The van der Waals surface area contributed by atoms with E-state index in [9.17, 15) is 0 Å². The zero-order valence-electron chi connectivity index (χ0n) is 9.12. The molecule has 16 heavy (non-hydrogen) atoms. The van der Waals surface area contributed by atoms with Crippen molar-refractivity contribution in [2.75, 3.05) is 0 Å². The monoisotopic (exact) mass is 206 g/mol. The number of hydrogen-bond acceptors (Lipinski definition) is 0. The summed E-state index contributed by atoms with van der Waals surface area (Å²) in [6.45, 7) is 2.08. The van der Waals surface area contributed by atoms with Crippen LogP contribution >= 0.6 is 0 Å². The maximum absolute atomic E-state index is 3.14. The average molecular weight is 206 g/mol. The van der Waals surface area contributed by atoms with Gasteiger partial charge in [-0.2, -0.15) is 0 Å². The highest BCUT2D eigenvalue weighted by Gasteiger charge is 2.02. The van der Waals surface area contributed by atoms with E-state index in [4.69, 9.17) is 0 Å². The van der Waals surface area contributed by atoms with E-state index in [1.807, 2.05) is 6.07 Å². The van der Waals surface area contributed by atoms with Crippen LogP contribution in [0.15, 0.2) is 48.5 Å². The Morgan fingerprint density at radius 1 is 0.938 bits per heavy atom. The molecule has 77 valence electrons. The largest absolute Gasteiger partial charge is 0.353 e. The van der Waals surface area contributed by atoms with Crippen molar-refractivity contribution in [3.8, 4) is 11.1 Å². The zero-order valence-corrected chi connectivity index (χ0v) is 9.12. The summed E-state index contributed by atoms with van der Waals surface area (Å²) in [5.41, 5.74) is 4.83. The van der Waals surface area contributed by atoms with Crippen LogP contribution < -0.4 is 0 Å². The van der Waals surface area contributed by atoms with Crippen LogP contribution in [0.1, 0.15) is 5.56 Å². The summed E-state index contributed by atoms with van der Waals surface area (Å²) >= 11 is 0. The fourth-order valence-electron chi connectivity index (χ4n) is 2.00. The number of aryl methyl sites for hydroxylation is 1. The summed E-state index contributed by atoms with van der Waals surface area (Å²) in [6, 6.07) is 16.9. The number of nitrogens with one attached hydrogen (secondary N) is 1. The minimum absolute atomic E-state index is 1.15. The Labute approximate surface area is 94.7 Å². The summed E-state index contributed by atoms with van der Waals surface area (Å²) in [6.07, 6.45) is 3.13. The molecule has 1 N–H and O–H groups in total. The third-order valence-electron chi connectivity index (χ3n) is 2.92. The van der Waals surface area contributed by atoms with Gasteiger partial charge in [-0.3, -0.25) is 0 Å². The molecule has 1 heterocycles. The molecule has 1 heteroatoms. The summed E-state index contributed by atoms with van der Waals surface area (Å²) in [7, 11) is 0. The van der Waals surface area contributed by atoms with Crippen molar-refractivity contribution >= 4 is 10.9 Å². The third-order valence-corrected chi connectivity index (χ3v) is 2.92. The second-order valence-corrected chi connectivity index (χ2v) is 4.00. The molecule has 0 spiro atoms. The van der Waals surface area contributed by atoms with Crippen molar-refractivity contribution < 1.29 is 0 Å². The highest BCUT2D eigenvalue weighted by molar-refractivity contribution is 5.87. The Kier molecular flexibility index (Phi) is 2.03. The molecule has 1 nitrogen and oxygen atoms in total. The molecule has 0 bridgehead atoms. The van der Waals surface area contributed by atoms with Crippen molar-refractivity contribution in [1.29, 1.82) is 0 Å². The van der Waals surface area contributed by atoms with Crippen LogP contribution in [0.3, 0.4) is 0 Å². The minimum Gasteiger partial charge on any atom is -0.353 e. The molecule has 0 unspecified atom stereocenters. The van der Waals surface area contributed by atoms with Crippen LogP contribution in [0.2, 0.25) is 0 Å². The van der Waals surface area contributed by atoms with Crippen LogP contribution in [0.5, 0.6) is 0 Å². The molecule has 0 aliphatic heterocycles. The third kappa shape index (κ3) is 1.41. The number of aromatic nitrogens is 1. The lowest BCUT2D eigenvalue weighted by Gasteiger charge is -2.01. The van der Waals surface area contributed by atoms with E-state index in [2.05, 4.69) is 60.6 Å². The molecule has 0 aliphatic rings. The van der Waals surface area contributed by atoms with Crippen molar-refractivity contribution in [2.45, 2.75) is 6.92 Å².